The van der Waals surface area contributed by atoms with Crippen molar-refractivity contribution in [1.29, 1.82) is 5.26 Å². The number of carbonyl (C=O) groups excluding carboxylic acids is 1. The van der Waals surface area contributed by atoms with Gasteiger partial charge in [0.1, 0.15) is 10.7 Å². The second kappa shape index (κ2) is 5.60. The maximum Gasteiger partial charge on any atom is 0.340 e. The van der Waals surface area contributed by atoms with Crippen LogP contribution in [0.1, 0.15) is 41.0 Å². The van der Waals surface area contributed by atoms with Crippen LogP contribution in [0.15, 0.2) is 0 Å². The normalized spacial score (nSPS) is 9.76. The zero-order chi connectivity index (χ0) is 13.0. The van der Waals surface area contributed by atoms with Gasteiger partial charge in [-0.25, -0.2) is 4.79 Å². The molecular weight excluding hydrogens is 236 g/mol. The number of nitrogens with zero attached hydrogens (tertiary/aromatic N) is 1. The van der Waals surface area contributed by atoms with Gasteiger partial charge in [-0.1, -0.05) is 19.1 Å². The maximum atomic E-state index is 11.8. The van der Waals surface area contributed by atoms with Gasteiger partial charge in [0, 0.05) is 5.69 Å². The van der Waals surface area contributed by atoms with Crippen LogP contribution in [-0.4, -0.2) is 17.6 Å². The maximum absolute atomic E-state index is 11.8. The fourth-order valence-electron chi connectivity index (χ4n) is 1.74. The van der Waals surface area contributed by atoms with Crippen molar-refractivity contribution in [3.63, 3.8) is 0 Å². The Hall–Kier alpha value is -1.67. The molecule has 1 aromatic rings. The second-order valence-electron chi connectivity index (χ2n) is 3.49. The van der Waals surface area contributed by atoms with Crippen molar-refractivity contribution in [1.82, 2.24) is 4.98 Å². The van der Waals surface area contributed by atoms with Crippen LogP contribution in [0.25, 0.3) is 0 Å². The van der Waals surface area contributed by atoms with Crippen molar-refractivity contribution in [2.75, 3.05) is 6.61 Å². The van der Waals surface area contributed by atoms with Crippen molar-refractivity contribution in [3.8, 4) is 6.07 Å². The van der Waals surface area contributed by atoms with Gasteiger partial charge in [0.15, 0.2) is 0 Å². The molecule has 0 aromatic carbocycles. The summed E-state index contributed by atoms with van der Waals surface area (Å²) in [5.41, 5.74) is 2.09. The van der Waals surface area contributed by atoms with Crippen molar-refractivity contribution >= 4 is 18.2 Å². The Morgan fingerprint density at radius 3 is 2.65 bits per heavy atom. The quantitative estimate of drug-likeness (QED) is 0.661. The van der Waals surface area contributed by atoms with Crippen molar-refractivity contribution < 1.29 is 9.53 Å². The molecule has 0 aliphatic rings. The van der Waals surface area contributed by atoms with E-state index in [2.05, 4.69) is 4.98 Å². The molecule has 0 radical (unpaired) electrons. The third-order valence-corrected chi connectivity index (χ3v) is 2.76. The van der Waals surface area contributed by atoms with Gasteiger partial charge in [-0.15, -0.1) is 0 Å². The SMILES string of the molecule is CCOC(=O)c1c(C)[nH]c(=S)c(C#N)c1CC. The number of nitriles is 1. The van der Waals surface area contributed by atoms with Crippen LogP contribution < -0.4 is 0 Å². The zero-order valence-corrected chi connectivity index (χ0v) is 10.9. The van der Waals surface area contributed by atoms with E-state index in [1.165, 1.54) is 0 Å². The summed E-state index contributed by atoms with van der Waals surface area (Å²) in [6.07, 6.45) is 0.566. The number of rotatable bonds is 3. The summed E-state index contributed by atoms with van der Waals surface area (Å²) >= 11 is 5.07. The third-order valence-electron chi connectivity index (χ3n) is 2.45. The van der Waals surface area contributed by atoms with Gasteiger partial charge >= 0.3 is 5.97 Å². The van der Waals surface area contributed by atoms with Gasteiger partial charge in [-0.05, 0) is 25.8 Å². The highest BCUT2D eigenvalue weighted by atomic mass is 32.1. The predicted molar refractivity (Wildman–Crippen MR) is 66.4 cm³/mol. The molecule has 0 saturated heterocycles. The molecule has 0 bridgehead atoms. The number of H-pyrrole nitrogens is 1. The number of aryl methyl sites for hydroxylation is 1. The summed E-state index contributed by atoms with van der Waals surface area (Å²) in [5.74, 6) is -0.412. The Morgan fingerprint density at radius 1 is 1.53 bits per heavy atom. The van der Waals surface area contributed by atoms with E-state index in [0.717, 1.165) is 0 Å². The first kappa shape index (κ1) is 13.4. The van der Waals surface area contributed by atoms with Crippen LogP contribution in [0.2, 0.25) is 0 Å². The Labute approximate surface area is 105 Å². The van der Waals surface area contributed by atoms with Crippen LogP contribution in [0.4, 0.5) is 0 Å². The molecule has 1 rings (SSSR count). The molecule has 90 valence electrons. The number of aromatic amines is 1. The highest BCUT2D eigenvalue weighted by molar-refractivity contribution is 7.71. The van der Waals surface area contributed by atoms with Crippen LogP contribution in [0, 0.1) is 22.9 Å². The summed E-state index contributed by atoms with van der Waals surface area (Å²) in [6, 6.07) is 2.04. The fourth-order valence-corrected chi connectivity index (χ4v) is 2.06. The summed E-state index contributed by atoms with van der Waals surface area (Å²) in [7, 11) is 0. The number of hydrogen-bond acceptors (Lipinski definition) is 4. The molecule has 0 saturated carbocycles. The van der Waals surface area contributed by atoms with Crippen molar-refractivity contribution in [2.24, 2.45) is 0 Å². The Kier molecular flexibility index (Phi) is 4.41. The number of aromatic nitrogens is 1. The number of carbonyl (C=O) groups is 1. The lowest BCUT2D eigenvalue weighted by Gasteiger charge is -2.12. The average Bonchev–Trinajstić information content (AvgIpc) is 2.28. The van der Waals surface area contributed by atoms with Crippen LogP contribution in [-0.2, 0) is 11.2 Å². The van der Waals surface area contributed by atoms with Crippen LogP contribution in [0.3, 0.4) is 0 Å². The number of nitrogens with one attached hydrogen (secondary N) is 1. The lowest BCUT2D eigenvalue weighted by Crippen LogP contribution is -2.13. The predicted octanol–water partition coefficient (Wildman–Crippen LogP) is 2.66. The molecule has 0 atom stereocenters. The summed E-state index contributed by atoms with van der Waals surface area (Å²) in [5, 5.41) is 9.07. The Bertz CT molecular complexity index is 541. The van der Waals surface area contributed by atoms with E-state index in [-0.39, 0.29) is 0 Å². The number of pyridine rings is 1. The molecule has 4 nitrogen and oxygen atoms in total. The van der Waals surface area contributed by atoms with Crippen molar-refractivity contribution in [2.45, 2.75) is 27.2 Å². The molecule has 0 spiro atoms. The van der Waals surface area contributed by atoms with E-state index in [1.807, 2.05) is 13.0 Å². The number of esters is 1. The molecule has 5 heteroatoms. The molecule has 17 heavy (non-hydrogen) atoms. The Balaban J connectivity index is 3.54. The molecule has 1 N–H and O–H groups in total. The van der Waals surface area contributed by atoms with Gasteiger partial charge < -0.3 is 9.72 Å². The Morgan fingerprint density at radius 2 is 2.18 bits per heavy atom. The summed E-state index contributed by atoms with van der Waals surface area (Å²) in [6.45, 7) is 5.68. The fraction of sp³-hybridized carbons (Fsp3) is 0.417. The van der Waals surface area contributed by atoms with Crippen LogP contribution >= 0.6 is 12.2 Å². The third kappa shape index (κ3) is 2.53. The minimum Gasteiger partial charge on any atom is -0.462 e. The molecule has 0 fully saturated rings. The first-order valence-electron chi connectivity index (χ1n) is 5.39. The van der Waals surface area contributed by atoms with E-state index < -0.39 is 5.97 Å². The van der Waals surface area contributed by atoms with E-state index in [9.17, 15) is 4.79 Å². The van der Waals surface area contributed by atoms with Gasteiger partial charge in [0.2, 0.25) is 0 Å². The van der Waals surface area contributed by atoms with E-state index >= 15 is 0 Å². The molecule has 0 unspecified atom stereocenters. The molecule has 0 amide bonds. The van der Waals surface area contributed by atoms with Gasteiger partial charge in [-0.2, -0.15) is 5.26 Å². The average molecular weight is 250 g/mol. The van der Waals surface area contributed by atoms with Gasteiger partial charge in [-0.3, -0.25) is 0 Å². The lowest BCUT2D eigenvalue weighted by atomic mass is 10.00. The van der Waals surface area contributed by atoms with E-state index in [4.69, 9.17) is 22.2 Å². The molecule has 1 aromatic heterocycles. The van der Waals surface area contributed by atoms with Crippen molar-refractivity contribution in [3.05, 3.63) is 27.0 Å². The van der Waals surface area contributed by atoms with Gasteiger partial charge in [0.05, 0.1) is 17.7 Å². The van der Waals surface area contributed by atoms with E-state index in [1.54, 1.807) is 13.8 Å². The lowest BCUT2D eigenvalue weighted by molar-refractivity contribution is 0.0523. The topological polar surface area (TPSA) is 65.9 Å². The van der Waals surface area contributed by atoms with Gasteiger partial charge in [0.25, 0.3) is 0 Å². The molecule has 1 heterocycles. The zero-order valence-electron chi connectivity index (χ0n) is 10.1. The first-order valence-corrected chi connectivity index (χ1v) is 5.80. The summed E-state index contributed by atoms with van der Waals surface area (Å²) < 4.78 is 5.36. The molecular formula is C12H14N2O2S. The largest absolute Gasteiger partial charge is 0.462 e. The molecule has 0 aliphatic heterocycles. The number of ether oxygens (including phenoxy) is 1. The minimum atomic E-state index is -0.412. The number of hydrogen-bond donors (Lipinski definition) is 1. The van der Waals surface area contributed by atoms with Crippen LogP contribution in [0.5, 0.6) is 0 Å². The second-order valence-corrected chi connectivity index (χ2v) is 3.90. The standard InChI is InChI=1S/C12H14N2O2S/c1-4-8-9(6-13)11(17)14-7(3)10(8)12(15)16-5-2/h4-5H2,1-3H3,(H,14,17). The summed E-state index contributed by atoms with van der Waals surface area (Å²) in [4.78, 5) is 14.7. The van der Waals surface area contributed by atoms with E-state index in [0.29, 0.717) is 40.1 Å². The highest BCUT2D eigenvalue weighted by Crippen LogP contribution is 2.19. The minimum absolute atomic E-state index is 0.305. The highest BCUT2D eigenvalue weighted by Gasteiger charge is 2.19. The monoisotopic (exact) mass is 250 g/mol. The smallest absolute Gasteiger partial charge is 0.340 e. The first-order chi connectivity index (χ1) is 8.06. The molecule has 0 aliphatic carbocycles.